The van der Waals surface area contributed by atoms with E-state index < -0.39 is 38.4 Å². The van der Waals surface area contributed by atoms with Crippen molar-refractivity contribution in [2.45, 2.75) is 76.0 Å². The van der Waals surface area contributed by atoms with E-state index in [4.69, 9.17) is 11.3 Å². The third kappa shape index (κ3) is 3.23. The Balaban J connectivity index is 1.60. The zero-order chi connectivity index (χ0) is 26.1. The van der Waals surface area contributed by atoms with Crippen molar-refractivity contribution in [1.29, 1.82) is 0 Å². The molecule has 0 amide bonds. The molecule has 0 radical (unpaired) electrons. The maximum Gasteiger partial charge on any atom is 0.282 e. The van der Waals surface area contributed by atoms with Gasteiger partial charge in [0.25, 0.3) is 5.03 Å². The average Bonchev–Trinajstić information content (AvgIpc) is 3.16. The van der Waals surface area contributed by atoms with E-state index in [-0.39, 0.29) is 22.3 Å². The van der Waals surface area contributed by atoms with E-state index in [1.807, 2.05) is 26.8 Å². The van der Waals surface area contributed by atoms with Crippen LogP contribution in [-0.4, -0.2) is 32.4 Å². The van der Waals surface area contributed by atoms with E-state index >= 15 is 4.39 Å². The highest BCUT2D eigenvalue weighted by atomic mass is 32.2. The SMILES string of the molecule is [C-]#[N+]C(=C1CC[C@H]2[C@@H]3CC=C4C=C(OC)CC[C@]4(C)[C@@]3(F)[C@@H](O)C[C@]12C)S(=O)(=O)c1ccc(C)cc1. The van der Waals surface area contributed by atoms with Gasteiger partial charge in [-0.2, -0.15) is 0 Å². The molecule has 1 N–H and O–H groups in total. The highest BCUT2D eigenvalue weighted by Gasteiger charge is 2.69. The molecule has 1 aromatic carbocycles. The molecule has 0 heterocycles. The predicted molar refractivity (Wildman–Crippen MR) is 136 cm³/mol. The monoisotopic (exact) mass is 511 g/mol. The molecule has 36 heavy (non-hydrogen) atoms. The van der Waals surface area contributed by atoms with Crippen molar-refractivity contribution in [1.82, 2.24) is 0 Å². The molecule has 7 heteroatoms. The van der Waals surface area contributed by atoms with Crippen molar-refractivity contribution in [2.75, 3.05) is 7.11 Å². The first-order valence-electron chi connectivity index (χ1n) is 12.7. The highest BCUT2D eigenvalue weighted by Crippen LogP contribution is 2.69. The van der Waals surface area contributed by atoms with E-state index in [1.165, 1.54) is 12.1 Å². The third-order valence-corrected chi connectivity index (χ3v) is 11.6. The number of sulfone groups is 1. The molecule has 192 valence electrons. The van der Waals surface area contributed by atoms with Gasteiger partial charge in [-0.05, 0) is 79.7 Å². The van der Waals surface area contributed by atoms with Gasteiger partial charge in [0.1, 0.15) is 5.67 Å². The largest absolute Gasteiger partial charge is 0.501 e. The summed E-state index contributed by atoms with van der Waals surface area (Å²) in [5.41, 5.74) is -1.08. The quantitative estimate of drug-likeness (QED) is 0.501. The number of hydrogen-bond acceptors (Lipinski definition) is 4. The van der Waals surface area contributed by atoms with Crippen LogP contribution in [0, 0.1) is 36.2 Å². The second kappa shape index (κ2) is 8.29. The normalized spacial score (nSPS) is 39.1. The highest BCUT2D eigenvalue weighted by molar-refractivity contribution is 7.95. The standard InChI is InChI=1S/C29H34FNO4S/c1-18-6-9-21(10-7-18)36(33,34)26(31-4)24-13-12-22-23-11-8-19-16-20(35-5)14-15-28(19,3)29(23,30)25(32)17-27(22,24)2/h6-10,16,22-23,25,32H,11-15,17H2,1-3,5H3/t22-,23-,25-,27-,28-,29-/m0/s1. The Morgan fingerprint density at radius 2 is 1.89 bits per heavy atom. The number of nitrogens with zero attached hydrogens (tertiary/aromatic N) is 1. The fourth-order valence-electron chi connectivity index (χ4n) is 7.75. The van der Waals surface area contributed by atoms with Gasteiger partial charge in [0.15, 0.2) is 0 Å². The second-order valence-corrected chi connectivity index (χ2v) is 13.3. The summed E-state index contributed by atoms with van der Waals surface area (Å²) < 4.78 is 49.9. The summed E-state index contributed by atoms with van der Waals surface area (Å²) >= 11 is 0. The van der Waals surface area contributed by atoms with Gasteiger partial charge in [-0.3, -0.25) is 0 Å². The van der Waals surface area contributed by atoms with Crippen molar-refractivity contribution >= 4 is 9.84 Å². The van der Waals surface area contributed by atoms with Crippen LogP contribution in [0.3, 0.4) is 0 Å². The maximum atomic E-state index is 17.4. The number of allylic oxidation sites excluding steroid dienone is 5. The van der Waals surface area contributed by atoms with E-state index in [1.54, 1.807) is 19.2 Å². The van der Waals surface area contributed by atoms with Crippen LogP contribution in [0.25, 0.3) is 4.85 Å². The molecule has 5 rings (SSSR count). The van der Waals surface area contributed by atoms with E-state index in [9.17, 15) is 13.5 Å². The molecule has 2 saturated carbocycles. The minimum absolute atomic E-state index is 0.0931. The average molecular weight is 512 g/mol. The second-order valence-electron chi connectivity index (χ2n) is 11.4. The van der Waals surface area contributed by atoms with Crippen molar-refractivity contribution in [3.63, 3.8) is 0 Å². The van der Waals surface area contributed by atoms with Crippen LogP contribution < -0.4 is 0 Å². The summed E-state index contributed by atoms with van der Waals surface area (Å²) in [5, 5.41) is 11.3. The molecule has 0 saturated heterocycles. The van der Waals surface area contributed by atoms with Crippen LogP contribution in [-0.2, 0) is 14.6 Å². The zero-order valence-corrected chi connectivity index (χ0v) is 22.2. The summed E-state index contributed by atoms with van der Waals surface area (Å²) in [4.78, 5) is 3.65. The van der Waals surface area contributed by atoms with Gasteiger partial charge in [-0.25, -0.2) is 17.7 Å². The Bertz CT molecular complexity index is 1340. The fourth-order valence-corrected chi connectivity index (χ4v) is 9.25. The van der Waals surface area contributed by atoms with Crippen LogP contribution >= 0.6 is 0 Å². The fraction of sp³-hybridized carbons (Fsp3) is 0.552. The Morgan fingerprint density at radius 3 is 2.53 bits per heavy atom. The number of ether oxygens (including phenoxy) is 1. The Hall–Kier alpha value is -2.43. The molecule has 0 spiro atoms. The summed E-state index contributed by atoms with van der Waals surface area (Å²) in [5.74, 6) is 0.211. The number of halogens is 1. The lowest BCUT2D eigenvalue weighted by atomic mass is 9.46. The zero-order valence-electron chi connectivity index (χ0n) is 21.3. The maximum absolute atomic E-state index is 17.4. The molecule has 0 aromatic heterocycles. The molecule has 0 aliphatic heterocycles. The van der Waals surface area contributed by atoms with Crippen LogP contribution in [0.2, 0.25) is 0 Å². The van der Waals surface area contributed by atoms with Crippen molar-refractivity contribution in [2.24, 2.45) is 22.7 Å². The summed E-state index contributed by atoms with van der Waals surface area (Å²) in [6.07, 6.45) is 5.50. The lowest BCUT2D eigenvalue weighted by Gasteiger charge is -2.61. The Kier molecular flexibility index (Phi) is 5.81. The van der Waals surface area contributed by atoms with Crippen molar-refractivity contribution < 1.29 is 22.7 Å². The van der Waals surface area contributed by atoms with Gasteiger partial charge >= 0.3 is 0 Å². The number of alkyl halides is 1. The smallest absolute Gasteiger partial charge is 0.282 e. The van der Waals surface area contributed by atoms with E-state index in [0.29, 0.717) is 37.7 Å². The first kappa shape index (κ1) is 25.2. The topological polar surface area (TPSA) is 68.0 Å². The van der Waals surface area contributed by atoms with Gasteiger partial charge in [0.05, 0.1) is 30.4 Å². The number of methoxy groups -OCH3 is 1. The lowest BCUT2D eigenvalue weighted by molar-refractivity contribution is -0.189. The molecular weight excluding hydrogens is 477 g/mol. The van der Waals surface area contributed by atoms with Gasteiger partial charge < -0.3 is 9.84 Å². The lowest BCUT2D eigenvalue weighted by Crippen LogP contribution is -2.66. The number of rotatable bonds is 3. The van der Waals surface area contributed by atoms with Crippen LogP contribution in [0.4, 0.5) is 4.39 Å². The number of hydrogen-bond donors (Lipinski definition) is 1. The Morgan fingerprint density at radius 1 is 1.19 bits per heavy atom. The number of aryl methyl sites for hydroxylation is 1. The van der Waals surface area contributed by atoms with Gasteiger partial charge in [-0.15, -0.1) is 0 Å². The van der Waals surface area contributed by atoms with Gasteiger partial charge in [0.2, 0.25) is 9.84 Å². The Labute approximate surface area is 213 Å². The van der Waals surface area contributed by atoms with E-state index in [0.717, 1.165) is 16.9 Å². The molecule has 1 aromatic rings. The molecule has 5 nitrogen and oxygen atoms in total. The molecule has 4 aliphatic rings. The summed E-state index contributed by atoms with van der Waals surface area (Å²) in [6.45, 7) is 13.6. The molecule has 6 atom stereocenters. The predicted octanol–water partition coefficient (Wildman–Crippen LogP) is 6.07. The van der Waals surface area contributed by atoms with Gasteiger partial charge in [-0.1, -0.05) is 37.6 Å². The van der Waals surface area contributed by atoms with Gasteiger partial charge in [0, 0.05) is 17.8 Å². The van der Waals surface area contributed by atoms with Crippen LogP contribution in [0.1, 0.15) is 57.9 Å². The number of aliphatic hydroxyl groups excluding tert-OH is 1. The van der Waals surface area contributed by atoms with Crippen LogP contribution in [0.15, 0.2) is 63.2 Å². The summed E-state index contributed by atoms with van der Waals surface area (Å²) in [6, 6.07) is 6.51. The molecule has 2 fully saturated rings. The first-order valence-corrected chi connectivity index (χ1v) is 14.2. The third-order valence-electron chi connectivity index (χ3n) is 9.81. The minimum Gasteiger partial charge on any atom is -0.501 e. The molecule has 4 aliphatic carbocycles. The summed E-state index contributed by atoms with van der Waals surface area (Å²) in [7, 11) is -2.40. The number of aliphatic hydroxyl groups is 1. The molecular formula is C29H34FNO4S. The van der Waals surface area contributed by atoms with E-state index in [2.05, 4.69) is 10.9 Å². The van der Waals surface area contributed by atoms with Crippen molar-refractivity contribution in [3.8, 4) is 0 Å². The minimum atomic E-state index is -4.03. The van der Waals surface area contributed by atoms with Crippen molar-refractivity contribution in [3.05, 3.63) is 75.3 Å². The molecule has 0 unspecified atom stereocenters. The first-order chi connectivity index (χ1) is 16.9. The molecule has 0 bridgehead atoms. The van der Waals surface area contributed by atoms with Crippen LogP contribution in [0.5, 0.6) is 0 Å². The number of fused-ring (bicyclic) bond motifs is 5. The number of benzene rings is 1.